The van der Waals surface area contributed by atoms with Crippen LogP contribution in [-0.2, 0) is 0 Å². The quantitative estimate of drug-likeness (QED) is 0.846. The van der Waals surface area contributed by atoms with Gasteiger partial charge >= 0.3 is 0 Å². The second-order valence-corrected chi connectivity index (χ2v) is 4.87. The van der Waals surface area contributed by atoms with Gasteiger partial charge in [-0.3, -0.25) is 4.98 Å². The molecule has 14 heavy (non-hydrogen) atoms. The third kappa shape index (κ3) is 2.75. The molecular formula is C9H12ClN3S. The van der Waals surface area contributed by atoms with Gasteiger partial charge in [0.25, 0.3) is 0 Å². The summed E-state index contributed by atoms with van der Waals surface area (Å²) in [7, 11) is 0. The Hall–Kier alpha value is -0.480. The molecular weight excluding hydrogens is 218 g/mol. The largest absolute Gasteiger partial charge is 0.366 e. The number of thioether (sulfide) groups is 1. The van der Waals surface area contributed by atoms with E-state index < -0.39 is 0 Å². The monoisotopic (exact) mass is 229 g/mol. The molecule has 3 nitrogen and oxygen atoms in total. The number of halogens is 1. The average Bonchev–Trinajstić information content (AvgIpc) is 2.19. The van der Waals surface area contributed by atoms with Crippen LogP contribution in [0.4, 0.5) is 5.82 Å². The first-order valence-corrected chi connectivity index (χ1v) is 6.20. The molecule has 0 spiro atoms. The molecule has 0 atom stereocenters. The lowest BCUT2D eigenvalue weighted by Gasteiger charge is -2.22. The fourth-order valence-electron chi connectivity index (χ4n) is 1.46. The lowest BCUT2D eigenvalue weighted by molar-refractivity contribution is 0.663. The van der Waals surface area contributed by atoms with Gasteiger partial charge in [-0.05, 0) is 24.3 Å². The van der Waals surface area contributed by atoms with E-state index in [4.69, 9.17) is 11.6 Å². The van der Waals surface area contributed by atoms with Crippen LogP contribution in [0.3, 0.4) is 0 Å². The van der Waals surface area contributed by atoms with Crippen LogP contribution < -0.4 is 5.32 Å². The Morgan fingerprint density at radius 2 is 2.14 bits per heavy atom. The second kappa shape index (κ2) is 4.84. The minimum atomic E-state index is 0.445. The van der Waals surface area contributed by atoms with Gasteiger partial charge in [-0.1, -0.05) is 11.6 Å². The van der Waals surface area contributed by atoms with Crippen molar-refractivity contribution >= 4 is 29.2 Å². The molecule has 0 amide bonds. The van der Waals surface area contributed by atoms with Gasteiger partial charge in [0.15, 0.2) is 0 Å². The van der Waals surface area contributed by atoms with Gasteiger partial charge in [0.2, 0.25) is 0 Å². The van der Waals surface area contributed by atoms with Crippen molar-refractivity contribution in [1.29, 1.82) is 0 Å². The van der Waals surface area contributed by atoms with Crippen molar-refractivity contribution in [2.24, 2.45) is 0 Å². The zero-order valence-electron chi connectivity index (χ0n) is 7.74. The first-order chi connectivity index (χ1) is 6.84. The van der Waals surface area contributed by atoms with Gasteiger partial charge in [-0.15, -0.1) is 0 Å². The van der Waals surface area contributed by atoms with E-state index in [0.717, 1.165) is 5.82 Å². The number of nitrogens with zero attached hydrogens (tertiary/aromatic N) is 2. The highest BCUT2D eigenvalue weighted by Crippen LogP contribution is 2.20. The van der Waals surface area contributed by atoms with E-state index in [9.17, 15) is 0 Å². The number of hydrogen-bond acceptors (Lipinski definition) is 4. The third-order valence-corrected chi connectivity index (χ3v) is 3.41. The molecule has 0 saturated carbocycles. The maximum absolute atomic E-state index is 5.74. The van der Waals surface area contributed by atoms with Gasteiger partial charge in [0.1, 0.15) is 11.0 Å². The number of hydrogen-bond donors (Lipinski definition) is 1. The molecule has 1 aliphatic heterocycles. The van der Waals surface area contributed by atoms with E-state index in [1.165, 1.54) is 24.3 Å². The van der Waals surface area contributed by atoms with Crippen molar-refractivity contribution in [3.63, 3.8) is 0 Å². The van der Waals surface area contributed by atoms with E-state index in [-0.39, 0.29) is 0 Å². The first kappa shape index (κ1) is 10.1. The summed E-state index contributed by atoms with van der Waals surface area (Å²) in [4.78, 5) is 8.14. The second-order valence-electron chi connectivity index (χ2n) is 3.26. The minimum Gasteiger partial charge on any atom is -0.366 e. The molecule has 1 aromatic rings. The Morgan fingerprint density at radius 1 is 1.36 bits per heavy atom. The maximum atomic E-state index is 5.74. The van der Waals surface area contributed by atoms with Crippen LogP contribution in [0.1, 0.15) is 12.8 Å². The van der Waals surface area contributed by atoms with Crippen LogP contribution in [0.25, 0.3) is 0 Å². The highest BCUT2D eigenvalue weighted by Gasteiger charge is 2.13. The fourth-order valence-corrected chi connectivity index (χ4v) is 2.72. The molecule has 0 aromatic carbocycles. The van der Waals surface area contributed by atoms with Crippen molar-refractivity contribution in [2.75, 3.05) is 16.8 Å². The van der Waals surface area contributed by atoms with Crippen molar-refractivity contribution in [3.8, 4) is 0 Å². The van der Waals surface area contributed by atoms with E-state index in [1.54, 1.807) is 12.4 Å². The van der Waals surface area contributed by atoms with Crippen LogP contribution in [0.2, 0.25) is 5.15 Å². The molecule has 0 unspecified atom stereocenters. The number of nitrogens with one attached hydrogen (secondary N) is 1. The predicted octanol–water partition coefficient (Wildman–Crippen LogP) is 2.44. The summed E-state index contributed by atoms with van der Waals surface area (Å²) < 4.78 is 0. The fraction of sp³-hybridized carbons (Fsp3) is 0.556. The van der Waals surface area contributed by atoms with Crippen LogP contribution in [0, 0.1) is 0 Å². The Bertz CT molecular complexity index is 302. The Kier molecular flexibility index (Phi) is 3.48. The Morgan fingerprint density at radius 3 is 2.86 bits per heavy atom. The Labute approximate surface area is 92.7 Å². The van der Waals surface area contributed by atoms with E-state index in [2.05, 4.69) is 15.3 Å². The highest BCUT2D eigenvalue weighted by atomic mass is 35.5. The van der Waals surface area contributed by atoms with Crippen LogP contribution in [-0.4, -0.2) is 27.5 Å². The number of anilines is 1. The summed E-state index contributed by atoms with van der Waals surface area (Å²) in [5, 5.41) is 3.79. The van der Waals surface area contributed by atoms with Gasteiger partial charge in [-0.2, -0.15) is 11.8 Å². The van der Waals surface area contributed by atoms with Gasteiger partial charge in [0, 0.05) is 6.04 Å². The van der Waals surface area contributed by atoms with E-state index in [0.29, 0.717) is 11.2 Å². The zero-order chi connectivity index (χ0) is 9.80. The molecule has 1 saturated heterocycles. The normalized spacial score (nSPS) is 18.1. The summed E-state index contributed by atoms with van der Waals surface area (Å²) in [6.45, 7) is 0. The predicted molar refractivity (Wildman–Crippen MR) is 61.0 cm³/mol. The first-order valence-electron chi connectivity index (χ1n) is 4.66. The van der Waals surface area contributed by atoms with Crippen molar-refractivity contribution in [1.82, 2.24) is 9.97 Å². The third-order valence-electron chi connectivity index (χ3n) is 2.18. The summed E-state index contributed by atoms with van der Waals surface area (Å²) in [6, 6.07) is 0.531. The molecule has 1 N–H and O–H groups in total. The number of aromatic nitrogens is 2. The molecule has 1 aromatic heterocycles. The smallest absolute Gasteiger partial charge is 0.149 e. The molecule has 0 radical (unpaired) electrons. The molecule has 1 fully saturated rings. The SMILES string of the molecule is Clc1cncc(NC2CCSCC2)n1. The van der Waals surface area contributed by atoms with E-state index in [1.807, 2.05) is 11.8 Å². The van der Waals surface area contributed by atoms with Gasteiger partial charge in [-0.25, -0.2) is 4.98 Å². The van der Waals surface area contributed by atoms with E-state index >= 15 is 0 Å². The van der Waals surface area contributed by atoms with Crippen molar-refractivity contribution in [2.45, 2.75) is 18.9 Å². The van der Waals surface area contributed by atoms with Crippen LogP contribution >= 0.6 is 23.4 Å². The summed E-state index contributed by atoms with van der Waals surface area (Å²) in [5.74, 6) is 3.24. The topological polar surface area (TPSA) is 37.8 Å². The average molecular weight is 230 g/mol. The Balaban J connectivity index is 1.95. The molecule has 2 rings (SSSR count). The lowest BCUT2D eigenvalue weighted by Crippen LogP contribution is -2.25. The van der Waals surface area contributed by atoms with Gasteiger partial charge < -0.3 is 5.32 Å². The van der Waals surface area contributed by atoms with Crippen LogP contribution in [0.5, 0.6) is 0 Å². The van der Waals surface area contributed by atoms with Crippen molar-refractivity contribution in [3.05, 3.63) is 17.5 Å². The standard InChI is InChI=1S/C9H12ClN3S/c10-8-5-11-6-9(13-8)12-7-1-3-14-4-2-7/h5-7H,1-4H2,(H,12,13). The zero-order valence-corrected chi connectivity index (χ0v) is 9.31. The summed E-state index contributed by atoms with van der Waals surface area (Å²) in [6.07, 6.45) is 5.65. The lowest BCUT2D eigenvalue weighted by atomic mass is 10.1. The molecule has 2 heterocycles. The molecule has 0 bridgehead atoms. The highest BCUT2D eigenvalue weighted by molar-refractivity contribution is 7.99. The van der Waals surface area contributed by atoms with Gasteiger partial charge in [0.05, 0.1) is 12.4 Å². The minimum absolute atomic E-state index is 0.445. The molecule has 5 heteroatoms. The molecule has 76 valence electrons. The summed E-state index contributed by atoms with van der Waals surface area (Å²) in [5.41, 5.74) is 0. The number of rotatable bonds is 2. The maximum Gasteiger partial charge on any atom is 0.149 e. The van der Waals surface area contributed by atoms with Crippen LogP contribution in [0.15, 0.2) is 12.4 Å². The molecule has 0 aliphatic carbocycles. The van der Waals surface area contributed by atoms with Crippen molar-refractivity contribution < 1.29 is 0 Å². The summed E-state index contributed by atoms with van der Waals surface area (Å²) >= 11 is 7.76. The molecule has 1 aliphatic rings.